The number of benzene rings is 8. The van der Waals surface area contributed by atoms with Gasteiger partial charge in [0.05, 0.1) is 11.0 Å². The summed E-state index contributed by atoms with van der Waals surface area (Å²) in [6.07, 6.45) is -0.314. The number of aromatic nitrogens is 1. The van der Waals surface area contributed by atoms with Gasteiger partial charge < -0.3 is 14.3 Å². The average molecular weight is 749 g/mol. The van der Waals surface area contributed by atoms with Crippen LogP contribution in [0.5, 0.6) is 0 Å². The molecule has 1 aliphatic rings. The topological polar surface area (TPSA) is 54.8 Å². The van der Waals surface area contributed by atoms with E-state index in [1.54, 1.807) is 0 Å². The van der Waals surface area contributed by atoms with Crippen LogP contribution in [0.1, 0.15) is 22.9 Å². The molecule has 0 amide bonds. The second-order valence-electron chi connectivity index (χ2n) is 14.6. The van der Waals surface area contributed by atoms with Crippen molar-refractivity contribution in [1.82, 2.24) is 9.88 Å². The van der Waals surface area contributed by atoms with Gasteiger partial charge in [-0.15, -0.1) is 11.3 Å². The van der Waals surface area contributed by atoms with E-state index >= 15 is 0 Å². The first kappa shape index (κ1) is 32.0. The van der Waals surface area contributed by atoms with Crippen LogP contribution >= 0.6 is 11.3 Å². The Balaban J connectivity index is 0.999. The summed E-state index contributed by atoms with van der Waals surface area (Å²) in [5.74, 6) is 1.54. The van der Waals surface area contributed by atoms with Crippen LogP contribution in [0.2, 0.25) is 0 Å². The minimum Gasteiger partial charge on any atom is -0.456 e. The van der Waals surface area contributed by atoms with Crippen LogP contribution in [0.15, 0.2) is 196 Å². The highest BCUT2D eigenvalue weighted by Gasteiger charge is 2.24. The van der Waals surface area contributed by atoms with E-state index in [4.69, 9.17) is 14.4 Å². The molecule has 0 aliphatic carbocycles. The minimum absolute atomic E-state index is 0.314. The van der Waals surface area contributed by atoms with Gasteiger partial charge in [0, 0.05) is 64.1 Å². The predicted octanol–water partition coefficient (Wildman–Crippen LogP) is 13.2. The van der Waals surface area contributed by atoms with Crippen molar-refractivity contribution in [3.8, 4) is 16.8 Å². The van der Waals surface area contributed by atoms with Crippen molar-refractivity contribution in [1.29, 1.82) is 0 Å². The van der Waals surface area contributed by atoms with Gasteiger partial charge in [-0.3, -0.25) is 0 Å². The highest BCUT2D eigenvalue weighted by molar-refractivity contribution is 7.26. The van der Waals surface area contributed by atoms with E-state index in [9.17, 15) is 0 Å². The van der Waals surface area contributed by atoms with E-state index < -0.39 is 0 Å². The summed E-state index contributed by atoms with van der Waals surface area (Å²) in [6.45, 7) is 0. The maximum atomic E-state index is 6.46. The summed E-state index contributed by atoms with van der Waals surface area (Å²) in [5.41, 5.74) is 10.8. The Kier molecular flexibility index (Phi) is 7.09. The third-order valence-electron chi connectivity index (χ3n) is 11.3. The zero-order valence-electron chi connectivity index (χ0n) is 30.6. The van der Waals surface area contributed by atoms with E-state index in [-0.39, 0.29) is 6.17 Å². The number of nitrogens with one attached hydrogen (secondary N) is 1. The number of amidine groups is 2. The van der Waals surface area contributed by atoms with E-state index in [0.29, 0.717) is 0 Å². The van der Waals surface area contributed by atoms with Gasteiger partial charge in [0.1, 0.15) is 23.2 Å². The molecule has 0 saturated heterocycles. The summed E-state index contributed by atoms with van der Waals surface area (Å²) in [5, 5.41) is 10.9. The molecule has 0 spiro atoms. The molecule has 12 rings (SSSR count). The van der Waals surface area contributed by atoms with E-state index in [2.05, 4.69) is 155 Å². The molecule has 1 unspecified atom stereocenters. The highest BCUT2D eigenvalue weighted by atomic mass is 32.1. The summed E-state index contributed by atoms with van der Waals surface area (Å²) >= 11 is 1.82. The Morgan fingerprint density at radius 2 is 1.18 bits per heavy atom. The summed E-state index contributed by atoms with van der Waals surface area (Å²) in [7, 11) is 0. The molecule has 4 heterocycles. The van der Waals surface area contributed by atoms with Gasteiger partial charge in [-0.05, 0) is 59.7 Å². The maximum Gasteiger partial charge on any atom is 0.159 e. The average Bonchev–Trinajstić information content (AvgIpc) is 3.96. The lowest BCUT2D eigenvalue weighted by atomic mass is 9.97. The van der Waals surface area contributed by atoms with Gasteiger partial charge in [0.15, 0.2) is 5.84 Å². The number of fused-ring (bicyclic) bond motifs is 9. The van der Waals surface area contributed by atoms with Crippen LogP contribution in [0.25, 0.3) is 80.7 Å². The second kappa shape index (κ2) is 12.6. The third-order valence-corrected chi connectivity index (χ3v) is 12.5. The number of para-hydroxylation sites is 2. The molecule has 268 valence electrons. The molecule has 1 aliphatic heterocycles. The molecule has 57 heavy (non-hydrogen) atoms. The fourth-order valence-corrected chi connectivity index (χ4v) is 9.93. The third kappa shape index (κ3) is 5.08. The van der Waals surface area contributed by atoms with Gasteiger partial charge in [-0.2, -0.15) is 0 Å². The van der Waals surface area contributed by atoms with Gasteiger partial charge in [-0.1, -0.05) is 133 Å². The lowest BCUT2D eigenvalue weighted by Crippen LogP contribution is -2.33. The largest absolute Gasteiger partial charge is 0.456 e. The van der Waals surface area contributed by atoms with E-state index in [1.165, 1.54) is 47.5 Å². The van der Waals surface area contributed by atoms with Gasteiger partial charge >= 0.3 is 0 Å². The summed E-state index contributed by atoms with van der Waals surface area (Å²) in [6, 6.07) is 64.3. The molecule has 5 nitrogen and oxygen atoms in total. The molecule has 1 N–H and O–H groups in total. The van der Waals surface area contributed by atoms with Crippen LogP contribution in [0, 0.1) is 0 Å². The maximum absolute atomic E-state index is 6.46. The van der Waals surface area contributed by atoms with Crippen LogP contribution in [0.4, 0.5) is 0 Å². The fourth-order valence-electron chi connectivity index (χ4n) is 8.67. The number of nitrogens with zero attached hydrogens (tertiary/aromatic N) is 3. The smallest absolute Gasteiger partial charge is 0.159 e. The molecule has 1 atom stereocenters. The SMILES string of the molecule is c1ccc(C2=NC(c3cccc4c3sc3cccc(-c5ccc6oc7ccc(-n8c9ccccc9c9ccccc98)cc7c6c5)c34)NC(c3ccccc3)=N2)cc1. The monoisotopic (exact) mass is 748 g/mol. The summed E-state index contributed by atoms with van der Waals surface area (Å²) < 4.78 is 11.3. The molecular weight excluding hydrogens is 717 g/mol. The molecule has 0 bridgehead atoms. The van der Waals surface area contributed by atoms with Crippen LogP contribution in [-0.4, -0.2) is 16.2 Å². The van der Waals surface area contributed by atoms with E-state index in [1.807, 2.05) is 47.7 Å². The van der Waals surface area contributed by atoms with E-state index in [0.717, 1.165) is 61.6 Å². The van der Waals surface area contributed by atoms with Crippen molar-refractivity contribution in [2.75, 3.05) is 0 Å². The lowest BCUT2D eigenvalue weighted by molar-refractivity contribution is 0.669. The number of rotatable bonds is 5. The highest BCUT2D eigenvalue weighted by Crippen LogP contribution is 2.44. The van der Waals surface area contributed by atoms with Crippen molar-refractivity contribution in [3.63, 3.8) is 0 Å². The Morgan fingerprint density at radius 1 is 0.526 bits per heavy atom. The van der Waals surface area contributed by atoms with Crippen LogP contribution in [-0.2, 0) is 0 Å². The number of thiophene rings is 1. The van der Waals surface area contributed by atoms with Crippen LogP contribution < -0.4 is 5.32 Å². The molecule has 8 aromatic carbocycles. The standard InChI is InChI=1S/C51H32N4OS/c1-3-13-31(14-4-1)49-52-50(32-15-5-2-6-16-32)54-51(53-49)39-21-11-20-38-47-35(19-12-24-46(47)57-48(38)39)33-25-27-44-40(29-33)41-30-34(26-28-45(41)56-44)55-42-22-9-7-17-36(42)37-18-8-10-23-43(37)55/h1-30,51H,(H,52,53,54). The number of hydrogen-bond donors (Lipinski definition) is 1. The van der Waals surface area contributed by atoms with Crippen molar-refractivity contribution in [3.05, 3.63) is 199 Å². The molecule has 0 radical (unpaired) electrons. The van der Waals surface area contributed by atoms with Crippen molar-refractivity contribution >= 4 is 86.9 Å². The summed E-state index contributed by atoms with van der Waals surface area (Å²) in [4.78, 5) is 10.2. The van der Waals surface area contributed by atoms with Gasteiger partial charge in [-0.25, -0.2) is 9.98 Å². The molecule has 11 aromatic rings. The van der Waals surface area contributed by atoms with Gasteiger partial charge in [0.2, 0.25) is 0 Å². The molecule has 0 saturated carbocycles. The Hall–Kier alpha value is -7.28. The van der Waals surface area contributed by atoms with Gasteiger partial charge in [0.25, 0.3) is 0 Å². The number of aliphatic imine (C=N–C) groups is 2. The first-order valence-electron chi connectivity index (χ1n) is 19.2. The first-order chi connectivity index (χ1) is 28.2. The first-order valence-corrected chi connectivity index (χ1v) is 20.0. The second-order valence-corrected chi connectivity index (χ2v) is 15.6. The fraction of sp³-hybridized carbons (Fsp3) is 0.0196. The number of furan rings is 1. The lowest BCUT2D eigenvalue weighted by Gasteiger charge is -2.24. The molecule has 6 heteroatoms. The Labute approximate surface area is 331 Å². The number of hydrogen-bond acceptors (Lipinski definition) is 5. The van der Waals surface area contributed by atoms with Crippen molar-refractivity contribution < 1.29 is 4.42 Å². The predicted molar refractivity (Wildman–Crippen MR) is 238 cm³/mol. The molecule has 3 aromatic heterocycles. The Morgan fingerprint density at radius 3 is 1.95 bits per heavy atom. The normalized spacial score (nSPS) is 14.5. The quantitative estimate of drug-likeness (QED) is 0.191. The minimum atomic E-state index is -0.314. The van der Waals surface area contributed by atoms with Crippen molar-refractivity contribution in [2.45, 2.75) is 6.17 Å². The zero-order valence-corrected chi connectivity index (χ0v) is 31.4. The molecule has 0 fully saturated rings. The Bertz CT molecular complexity index is 3390. The zero-order chi connectivity index (χ0) is 37.5. The van der Waals surface area contributed by atoms with Crippen molar-refractivity contribution in [2.24, 2.45) is 9.98 Å². The molecular formula is C51H32N4OS. The van der Waals surface area contributed by atoms with Crippen LogP contribution in [0.3, 0.4) is 0 Å².